The summed E-state index contributed by atoms with van der Waals surface area (Å²) < 4.78 is 16.1. The number of aromatic nitrogens is 2. The molecule has 1 heterocycles. The molecule has 6 nitrogen and oxygen atoms in total. The zero-order valence-corrected chi connectivity index (χ0v) is 12.4. The fourth-order valence-electron chi connectivity index (χ4n) is 1.83. The molecule has 2 rings (SSSR count). The van der Waals surface area contributed by atoms with Crippen molar-refractivity contribution >= 4 is 0 Å². The van der Waals surface area contributed by atoms with E-state index in [9.17, 15) is 5.11 Å². The maximum Gasteiger partial charge on any atom is 0.264 e. The Labute approximate surface area is 123 Å². The van der Waals surface area contributed by atoms with Crippen molar-refractivity contribution in [3.63, 3.8) is 0 Å². The Kier molecular flexibility index (Phi) is 5.30. The smallest absolute Gasteiger partial charge is 0.264 e. The van der Waals surface area contributed by atoms with E-state index >= 15 is 0 Å². The van der Waals surface area contributed by atoms with E-state index in [4.69, 9.17) is 14.0 Å². The van der Waals surface area contributed by atoms with Crippen molar-refractivity contribution in [1.82, 2.24) is 10.1 Å². The van der Waals surface area contributed by atoms with Crippen LogP contribution in [0.4, 0.5) is 0 Å². The number of hydrogen-bond donors (Lipinski definition) is 1. The third-order valence-electron chi connectivity index (χ3n) is 2.97. The molecule has 2 aromatic rings. The molecule has 21 heavy (non-hydrogen) atoms. The minimum absolute atomic E-state index is 0.176. The molecule has 0 radical (unpaired) electrons. The van der Waals surface area contributed by atoms with Crippen LogP contribution >= 0.6 is 0 Å². The molecule has 0 aliphatic rings. The van der Waals surface area contributed by atoms with Crippen molar-refractivity contribution in [2.24, 2.45) is 0 Å². The van der Waals surface area contributed by atoms with E-state index in [1.165, 1.54) is 0 Å². The van der Waals surface area contributed by atoms with E-state index in [1.807, 2.05) is 32.0 Å². The van der Waals surface area contributed by atoms with Gasteiger partial charge in [0.1, 0.15) is 11.9 Å². The lowest BCUT2D eigenvalue weighted by Gasteiger charge is -2.08. The zero-order chi connectivity index (χ0) is 15.2. The van der Waals surface area contributed by atoms with Gasteiger partial charge in [-0.1, -0.05) is 17.3 Å². The highest BCUT2D eigenvalue weighted by molar-refractivity contribution is 5.29. The molecule has 1 aromatic carbocycles. The van der Waals surface area contributed by atoms with Crippen molar-refractivity contribution in [1.29, 1.82) is 0 Å². The second-order valence-electron chi connectivity index (χ2n) is 4.68. The van der Waals surface area contributed by atoms with Crippen LogP contribution in [-0.4, -0.2) is 21.9 Å². The minimum atomic E-state index is -0.532. The zero-order valence-electron chi connectivity index (χ0n) is 12.4. The molecule has 1 N–H and O–H groups in total. The van der Waals surface area contributed by atoms with E-state index in [2.05, 4.69) is 10.1 Å². The van der Waals surface area contributed by atoms with E-state index in [1.54, 1.807) is 13.0 Å². The highest BCUT2D eigenvalue weighted by Gasteiger charge is 2.14. The minimum Gasteiger partial charge on any atom is -0.484 e. The molecular weight excluding hydrogens is 272 g/mol. The summed E-state index contributed by atoms with van der Waals surface area (Å²) in [5, 5.41) is 13.4. The molecule has 0 amide bonds. The fourth-order valence-corrected chi connectivity index (χ4v) is 1.83. The second-order valence-corrected chi connectivity index (χ2v) is 4.68. The molecule has 0 saturated carbocycles. The van der Waals surface area contributed by atoms with Crippen LogP contribution in [0.3, 0.4) is 0 Å². The normalized spacial score (nSPS) is 13.9. The summed E-state index contributed by atoms with van der Waals surface area (Å²) in [5.74, 6) is 1.54. The van der Waals surface area contributed by atoms with Crippen molar-refractivity contribution in [2.75, 3.05) is 6.61 Å². The molecule has 0 aliphatic carbocycles. The quantitative estimate of drug-likeness (QED) is 0.845. The van der Waals surface area contributed by atoms with Gasteiger partial charge in [0.25, 0.3) is 5.89 Å². The van der Waals surface area contributed by atoms with Gasteiger partial charge in [-0.05, 0) is 38.5 Å². The monoisotopic (exact) mass is 292 g/mol. The van der Waals surface area contributed by atoms with Gasteiger partial charge in [-0.3, -0.25) is 0 Å². The van der Waals surface area contributed by atoms with Gasteiger partial charge in [0.15, 0.2) is 12.4 Å². The third kappa shape index (κ3) is 4.27. The van der Waals surface area contributed by atoms with E-state index < -0.39 is 6.10 Å². The Morgan fingerprint density at radius 3 is 2.86 bits per heavy atom. The van der Waals surface area contributed by atoms with Crippen molar-refractivity contribution < 1.29 is 19.1 Å². The summed E-state index contributed by atoms with van der Waals surface area (Å²) in [5.41, 5.74) is 0.795. The van der Waals surface area contributed by atoms with E-state index in [0.29, 0.717) is 24.1 Å². The predicted molar refractivity (Wildman–Crippen MR) is 75.7 cm³/mol. The SMILES string of the molecule is CCO[C@H](C)c1noc(COc2cccc([C@H](C)O)c2)n1. The predicted octanol–water partition coefficient (Wildman–Crippen LogP) is 2.80. The Bertz CT molecular complexity index is 568. The first-order chi connectivity index (χ1) is 10.1. The molecule has 6 heteroatoms. The Morgan fingerprint density at radius 1 is 1.33 bits per heavy atom. The molecule has 0 bridgehead atoms. The summed E-state index contributed by atoms with van der Waals surface area (Å²) in [6, 6.07) is 7.26. The first kappa shape index (κ1) is 15.5. The van der Waals surface area contributed by atoms with Gasteiger partial charge < -0.3 is 19.1 Å². The summed E-state index contributed by atoms with van der Waals surface area (Å²) >= 11 is 0. The van der Waals surface area contributed by atoms with Gasteiger partial charge in [-0.25, -0.2) is 0 Å². The lowest BCUT2D eigenvalue weighted by molar-refractivity contribution is 0.0683. The molecule has 0 unspecified atom stereocenters. The lowest BCUT2D eigenvalue weighted by Crippen LogP contribution is -2.02. The van der Waals surface area contributed by atoms with Gasteiger partial charge in [0.05, 0.1) is 6.10 Å². The van der Waals surface area contributed by atoms with Gasteiger partial charge in [-0.15, -0.1) is 0 Å². The highest BCUT2D eigenvalue weighted by atomic mass is 16.5. The summed E-state index contributed by atoms with van der Waals surface area (Å²) in [7, 11) is 0. The molecule has 1 aromatic heterocycles. The number of nitrogens with zero attached hydrogens (tertiary/aromatic N) is 2. The molecule has 2 atom stereocenters. The van der Waals surface area contributed by atoms with Crippen LogP contribution in [0, 0.1) is 0 Å². The summed E-state index contributed by atoms with van der Waals surface area (Å²) in [6.45, 7) is 6.25. The van der Waals surface area contributed by atoms with Crippen molar-refractivity contribution in [3.8, 4) is 5.75 Å². The van der Waals surface area contributed by atoms with Gasteiger partial charge >= 0.3 is 0 Å². The van der Waals surface area contributed by atoms with Crippen LogP contribution in [-0.2, 0) is 11.3 Å². The van der Waals surface area contributed by atoms with E-state index in [-0.39, 0.29) is 12.7 Å². The van der Waals surface area contributed by atoms with E-state index in [0.717, 1.165) is 5.56 Å². The van der Waals surface area contributed by atoms with Crippen LogP contribution in [0.2, 0.25) is 0 Å². The Morgan fingerprint density at radius 2 is 2.14 bits per heavy atom. The van der Waals surface area contributed by atoms with Gasteiger partial charge in [0, 0.05) is 6.61 Å². The van der Waals surface area contributed by atoms with Crippen LogP contribution in [0.25, 0.3) is 0 Å². The van der Waals surface area contributed by atoms with Crippen molar-refractivity contribution in [2.45, 2.75) is 39.6 Å². The first-order valence-corrected chi connectivity index (χ1v) is 6.95. The number of aliphatic hydroxyl groups excluding tert-OH is 1. The topological polar surface area (TPSA) is 77.6 Å². The summed E-state index contributed by atoms with van der Waals surface area (Å²) in [6.07, 6.45) is -0.735. The average Bonchev–Trinajstić information content (AvgIpc) is 2.95. The van der Waals surface area contributed by atoms with Crippen molar-refractivity contribution in [3.05, 3.63) is 41.5 Å². The number of aliphatic hydroxyl groups is 1. The molecular formula is C15H20N2O4. The third-order valence-corrected chi connectivity index (χ3v) is 2.97. The maximum absolute atomic E-state index is 9.54. The van der Waals surface area contributed by atoms with Crippen LogP contribution in [0.15, 0.2) is 28.8 Å². The van der Waals surface area contributed by atoms with Crippen LogP contribution in [0.5, 0.6) is 5.75 Å². The molecule has 0 aliphatic heterocycles. The van der Waals surface area contributed by atoms with Crippen LogP contribution < -0.4 is 4.74 Å². The number of rotatable bonds is 7. The molecule has 0 spiro atoms. The summed E-state index contributed by atoms with van der Waals surface area (Å²) in [4.78, 5) is 4.22. The molecule has 0 saturated heterocycles. The lowest BCUT2D eigenvalue weighted by atomic mass is 10.1. The highest BCUT2D eigenvalue weighted by Crippen LogP contribution is 2.20. The van der Waals surface area contributed by atoms with Crippen LogP contribution in [0.1, 0.15) is 50.3 Å². The maximum atomic E-state index is 9.54. The fraction of sp³-hybridized carbons (Fsp3) is 0.467. The standard InChI is InChI=1S/C15H20N2O4/c1-4-19-11(3)15-16-14(21-17-15)9-20-13-7-5-6-12(8-13)10(2)18/h5-8,10-11,18H,4,9H2,1-3H3/t10-,11+/m0/s1. The Hall–Kier alpha value is -1.92. The average molecular weight is 292 g/mol. The molecule has 0 fully saturated rings. The van der Waals surface area contributed by atoms with Gasteiger partial charge in [0.2, 0.25) is 0 Å². The number of hydrogen-bond acceptors (Lipinski definition) is 6. The molecule has 114 valence electrons. The Balaban J connectivity index is 1.95. The largest absolute Gasteiger partial charge is 0.484 e. The number of ether oxygens (including phenoxy) is 2. The first-order valence-electron chi connectivity index (χ1n) is 6.95. The van der Waals surface area contributed by atoms with Gasteiger partial charge in [-0.2, -0.15) is 4.98 Å². The second kappa shape index (κ2) is 7.19. The number of benzene rings is 1.